The lowest BCUT2D eigenvalue weighted by molar-refractivity contribution is -0.301. The first kappa shape index (κ1) is 69.7. The second-order valence-corrected chi connectivity index (χ2v) is 21.0. The van der Waals surface area contributed by atoms with Crippen molar-refractivity contribution in [3.63, 3.8) is 0 Å². The summed E-state index contributed by atoms with van der Waals surface area (Å²) in [5.74, 6) is -3.14. The Kier molecular flexibility index (Phi) is 47.8. The van der Waals surface area contributed by atoms with Gasteiger partial charge in [0.05, 0.1) is 6.61 Å². The molecule has 0 radical (unpaired) electrons. The molecule has 0 bridgehead atoms. The van der Waals surface area contributed by atoms with E-state index in [1.165, 1.54) is 96.3 Å². The molecule has 1 aliphatic heterocycles. The lowest BCUT2D eigenvalue weighted by atomic mass is 9.98. The summed E-state index contributed by atoms with van der Waals surface area (Å²) in [5.41, 5.74) is 0. The van der Waals surface area contributed by atoms with Crippen molar-refractivity contribution < 1.29 is 58.2 Å². The van der Waals surface area contributed by atoms with Crippen molar-refractivity contribution in [3.8, 4) is 0 Å². The molecule has 0 aromatic rings. The predicted octanol–water partition coefficient (Wildman–Crippen LogP) is 15.8. The van der Waals surface area contributed by atoms with Crippen LogP contribution < -0.4 is 0 Å². The Labute approximate surface area is 456 Å². The standard InChI is InChI=1S/C63H110O12/c1-4-7-10-13-16-19-22-25-26-27-28-29-30-33-36-39-42-45-48-51-57(66)74-61-59(68)58(67)60(62(69)70)75-63(61)72-53-54(73-56(65)50-47-44-41-38-35-32-24-21-18-15-12-9-6-3)52-71-55(64)49-46-43-40-37-34-31-23-20-17-14-11-8-5-2/h11,14,20-21,23-26,54,58-61,63,67-68H,4-10,12-13,15-19,22,27-53H2,1-3H3,(H,69,70)/b14-11-,23-20-,24-21-,26-25-. The van der Waals surface area contributed by atoms with Crippen molar-refractivity contribution in [2.24, 2.45) is 0 Å². The third-order valence-electron chi connectivity index (χ3n) is 13.8. The number of hydrogen-bond acceptors (Lipinski definition) is 11. The van der Waals surface area contributed by atoms with Crippen molar-refractivity contribution in [2.75, 3.05) is 13.2 Å². The fourth-order valence-electron chi connectivity index (χ4n) is 9.10. The number of rotatable bonds is 52. The molecule has 6 atom stereocenters. The lowest BCUT2D eigenvalue weighted by Gasteiger charge is -2.40. The summed E-state index contributed by atoms with van der Waals surface area (Å²) in [4.78, 5) is 51.1. The molecular formula is C63H110O12. The van der Waals surface area contributed by atoms with E-state index in [1.807, 2.05) is 0 Å². The predicted molar refractivity (Wildman–Crippen MR) is 303 cm³/mol. The fourth-order valence-corrected chi connectivity index (χ4v) is 9.10. The van der Waals surface area contributed by atoms with Gasteiger partial charge in [0, 0.05) is 19.3 Å². The van der Waals surface area contributed by atoms with Gasteiger partial charge in [0.1, 0.15) is 18.8 Å². The average Bonchev–Trinajstić information content (AvgIpc) is 3.39. The zero-order valence-corrected chi connectivity index (χ0v) is 47.8. The molecule has 0 aromatic carbocycles. The maximum atomic E-state index is 13.1. The number of carbonyl (C=O) groups excluding carboxylic acids is 3. The molecule has 1 rings (SSSR count). The van der Waals surface area contributed by atoms with Gasteiger partial charge >= 0.3 is 23.9 Å². The Bertz CT molecular complexity index is 1490. The van der Waals surface area contributed by atoms with E-state index < -0.39 is 67.3 Å². The summed E-state index contributed by atoms with van der Waals surface area (Å²) in [6, 6.07) is 0. The van der Waals surface area contributed by atoms with Crippen LogP contribution in [0.25, 0.3) is 0 Å². The molecule has 0 amide bonds. The van der Waals surface area contributed by atoms with Crippen molar-refractivity contribution in [1.29, 1.82) is 0 Å². The van der Waals surface area contributed by atoms with Crippen LogP contribution in [0.15, 0.2) is 48.6 Å². The molecule has 6 unspecified atom stereocenters. The SMILES string of the molecule is CCC/C=C\C/C=C\CCCCCCCC(=O)OCC(COC1OC(C(=O)O)C(O)C(O)C1OC(=O)CCCCCCCCCCC/C=C\CCCCCCCC)OC(=O)CCCCCCC/C=C\CCCCCC. The lowest BCUT2D eigenvalue weighted by Crippen LogP contribution is -2.61. The van der Waals surface area contributed by atoms with Crippen molar-refractivity contribution in [1.82, 2.24) is 0 Å². The molecule has 3 N–H and O–H groups in total. The van der Waals surface area contributed by atoms with Crippen LogP contribution in [0.5, 0.6) is 0 Å². The Balaban J connectivity index is 2.66. The number of aliphatic carboxylic acids is 1. The number of aliphatic hydroxyl groups excluding tert-OH is 2. The smallest absolute Gasteiger partial charge is 0.335 e. The van der Waals surface area contributed by atoms with Crippen LogP contribution in [-0.4, -0.2) is 89.2 Å². The zero-order valence-electron chi connectivity index (χ0n) is 47.8. The Morgan fingerprint density at radius 3 is 1.28 bits per heavy atom. The van der Waals surface area contributed by atoms with Gasteiger partial charge in [-0.05, 0) is 96.3 Å². The van der Waals surface area contributed by atoms with Crippen molar-refractivity contribution >= 4 is 23.9 Å². The highest BCUT2D eigenvalue weighted by Crippen LogP contribution is 2.26. The minimum Gasteiger partial charge on any atom is -0.479 e. The number of ether oxygens (including phenoxy) is 5. The van der Waals surface area contributed by atoms with Crippen LogP contribution >= 0.6 is 0 Å². The molecule has 0 aliphatic carbocycles. The minimum absolute atomic E-state index is 0.0573. The summed E-state index contributed by atoms with van der Waals surface area (Å²) >= 11 is 0. The number of carbonyl (C=O) groups is 4. The second-order valence-electron chi connectivity index (χ2n) is 21.0. The van der Waals surface area contributed by atoms with Crippen LogP contribution in [0, 0.1) is 0 Å². The molecule has 1 aliphatic rings. The Hall–Kier alpha value is -3.32. The number of unbranched alkanes of at least 4 members (excludes halogenated alkanes) is 30. The summed E-state index contributed by atoms with van der Waals surface area (Å²) in [6.45, 7) is 5.91. The van der Waals surface area contributed by atoms with Gasteiger partial charge in [0.15, 0.2) is 24.6 Å². The van der Waals surface area contributed by atoms with Crippen molar-refractivity contribution in [3.05, 3.63) is 48.6 Å². The first-order valence-corrected chi connectivity index (χ1v) is 30.6. The minimum atomic E-state index is -1.91. The van der Waals surface area contributed by atoms with Gasteiger partial charge in [-0.15, -0.1) is 0 Å². The van der Waals surface area contributed by atoms with E-state index in [1.54, 1.807) is 0 Å². The van der Waals surface area contributed by atoms with E-state index in [-0.39, 0.29) is 25.9 Å². The van der Waals surface area contributed by atoms with Crippen LogP contribution in [-0.2, 0) is 42.9 Å². The van der Waals surface area contributed by atoms with E-state index in [0.29, 0.717) is 19.3 Å². The topological polar surface area (TPSA) is 175 Å². The van der Waals surface area contributed by atoms with Gasteiger partial charge in [0.25, 0.3) is 0 Å². The van der Waals surface area contributed by atoms with E-state index in [0.717, 1.165) is 122 Å². The number of hydrogen-bond donors (Lipinski definition) is 3. The number of carboxylic acid groups (broad SMARTS) is 1. The molecule has 1 saturated heterocycles. The summed E-state index contributed by atoms with van der Waals surface area (Å²) < 4.78 is 28.4. The summed E-state index contributed by atoms with van der Waals surface area (Å²) in [7, 11) is 0. The largest absolute Gasteiger partial charge is 0.479 e. The van der Waals surface area contributed by atoms with E-state index in [9.17, 15) is 34.5 Å². The van der Waals surface area contributed by atoms with Gasteiger partial charge < -0.3 is 39.0 Å². The van der Waals surface area contributed by atoms with Crippen LogP contribution in [0.4, 0.5) is 0 Å². The first-order chi connectivity index (χ1) is 36.6. The zero-order chi connectivity index (χ0) is 54.7. The third kappa shape index (κ3) is 41.5. The molecule has 12 nitrogen and oxygen atoms in total. The molecule has 1 fully saturated rings. The van der Waals surface area contributed by atoms with Gasteiger partial charge in [-0.3, -0.25) is 14.4 Å². The normalized spacial score (nSPS) is 18.4. The van der Waals surface area contributed by atoms with Gasteiger partial charge in [-0.2, -0.15) is 0 Å². The highest BCUT2D eigenvalue weighted by Gasteiger charge is 2.50. The first-order valence-electron chi connectivity index (χ1n) is 30.6. The maximum absolute atomic E-state index is 13.1. The molecule has 434 valence electrons. The van der Waals surface area contributed by atoms with E-state index >= 15 is 0 Å². The number of carboxylic acids is 1. The molecular weight excluding hydrogens is 949 g/mol. The highest BCUT2D eigenvalue weighted by atomic mass is 16.7. The quantitative estimate of drug-likeness (QED) is 0.0228. The maximum Gasteiger partial charge on any atom is 0.335 e. The van der Waals surface area contributed by atoms with Crippen molar-refractivity contribution in [2.45, 2.75) is 314 Å². The Morgan fingerprint density at radius 2 is 0.827 bits per heavy atom. The Morgan fingerprint density at radius 1 is 0.440 bits per heavy atom. The van der Waals surface area contributed by atoms with E-state index in [4.69, 9.17) is 23.7 Å². The molecule has 1 heterocycles. The molecule has 0 aromatic heterocycles. The van der Waals surface area contributed by atoms with Gasteiger partial charge in [-0.1, -0.05) is 211 Å². The van der Waals surface area contributed by atoms with Crippen LogP contribution in [0.3, 0.4) is 0 Å². The molecule has 0 saturated carbocycles. The van der Waals surface area contributed by atoms with Crippen LogP contribution in [0.1, 0.15) is 278 Å². The number of aliphatic hydroxyl groups is 2. The average molecular weight is 1060 g/mol. The third-order valence-corrected chi connectivity index (χ3v) is 13.8. The van der Waals surface area contributed by atoms with Gasteiger partial charge in [-0.25, -0.2) is 4.79 Å². The molecule has 12 heteroatoms. The number of allylic oxidation sites excluding steroid dienone is 8. The molecule has 0 spiro atoms. The van der Waals surface area contributed by atoms with Crippen LogP contribution in [0.2, 0.25) is 0 Å². The fraction of sp³-hybridized carbons (Fsp3) is 0.810. The van der Waals surface area contributed by atoms with E-state index in [2.05, 4.69) is 69.4 Å². The molecule has 75 heavy (non-hydrogen) atoms. The monoisotopic (exact) mass is 1060 g/mol. The van der Waals surface area contributed by atoms with Gasteiger partial charge in [0.2, 0.25) is 0 Å². The summed E-state index contributed by atoms with van der Waals surface area (Å²) in [6.07, 6.45) is 49.3. The number of esters is 3. The highest BCUT2D eigenvalue weighted by molar-refractivity contribution is 5.74. The summed E-state index contributed by atoms with van der Waals surface area (Å²) in [5, 5.41) is 31.5. The second kappa shape index (κ2) is 51.4.